The first-order chi connectivity index (χ1) is 15.2. The molecule has 7 nitrogen and oxygen atoms in total. The van der Waals surface area contributed by atoms with Crippen molar-refractivity contribution in [2.45, 2.75) is 13.5 Å². The SMILES string of the molecule is CCOC(=O)c1cc(-c2ccc(OCc3ccccc3)c(C#N)c2)ncc1OCOC. The molecule has 0 aliphatic carbocycles. The fourth-order valence-electron chi connectivity index (χ4n) is 2.84. The van der Waals surface area contributed by atoms with Crippen LogP contribution in [0.4, 0.5) is 0 Å². The topological polar surface area (TPSA) is 90.7 Å². The van der Waals surface area contributed by atoms with Gasteiger partial charge in [-0.05, 0) is 36.8 Å². The van der Waals surface area contributed by atoms with E-state index in [1.807, 2.05) is 30.3 Å². The van der Waals surface area contributed by atoms with E-state index in [1.165, 1.54) is 13.3 Å². The van der Waals surface area contributed by atoms with Crippen LogP contribution in [0.25, 0.3) is 11.3 Å². The van der Waals surface area contributed by atoms with Crippen molar-refractivity contribution in [2.75, 3.05) is 20.5 Å². The third kappa shape index (κ3) is 5.59. The lowest BCUT2D eigenvalue weighted by Crippen LogP contribution is -2.10. The van der Waals surface area contributed by atoms with Gasteiger partial charge in [-0.1, -0.05) is 30.3 Å². The van der Waals surface area contributed by atoms with Gasteiger partial charge in [-0.15, -0.1) is 0 Å². The highest BCUT2D eigenvalue weighted by molar-refractivity contribution is 5.93. The minimum atomic E-state index is -0.527. The lowest BCUT2D eigenvalue weighted by Gasteiger charge is -2.12. The van der Waals surface area contributed by atoms with E-state index < -0.39 is 5.97 Å². The van der Waals surface area contributed by atoms with Crippen LogP contribution >= 0.6 is 0 Å². The van der Waals surface area contributed by atoms with Gasteiger partial charge in [-0.2, -0.15) is 5.26 Å². The summed E-state index contributed by atoms with van der Waals surface area (Å²) in [5.74, 6) is 0.203. The maximum atomic E-state index is 12.4. The van der Waals surface area contributed by atoms with Crippen LogP contribution in [0.5, 0.6) is 11.5 Å². The van der Waals surface area contributed by atoms with Crippen LogP contribution in [0.3, 0.4) is 0 Å². The first-order valence-electron chi connectivity index (χ1n) is 9.66. The second-order valence-electron chi connectivity index (χ2n) is 6.43. The number of carbonyl (C=O) groups excluding carboxylic acids is 1. The molecular formula is C24H22N2O5. The van der Waals surface area contributed by atoms with Crippen molar-refractivity contribution in [3.63, 3.8) is 0 Å². The zero-order valence-electron chi connectivity index (χ0n) is 17.3. The molecule has 7 heteroatoms. The predicted octanol–water partition coefficient (Wildman–Crippen LogP) is 4.36. The molecule has 0 aliphatic rings. The molecule has 0 bridgehead atoms. The van der Waals surface area contributed by atoms with Crippen LogP contribution in [0.2, 0.25) is 0 Å². The molecule has 2 aromatic carbocycles. The lowest BCUT2D eigenvalue weighted by molar-refractivity contribution is 0.0436. The first-order valence-corrected chi connectivity index (χ1v) is 9.66. The van der Waals surface area contributed by atoms with Gasteiger partial charge in [0.25, 0.3) is 0 Å². The molecule has 1 aromatic heterocycles. The van der Waals surface area contributed by atoms with Crippen LogP contribution in [-0.4, -0.2) is 31.5 Å². The Hall–Kier alpha value is -3.89. The summed E-state index contributed by atoms with van der Waals surface area (Å²) in [6, 6.07) is 18.6. The Morgan fingerprint density at radius 2 is 1.87 bits per heavy atom. The zero-order valence-corrected chi connectivity index (χ0v) is 17.3. The van der Waals surface area contributed by atoms with Gasteiger partial charge < -0.3 is 18.9 Å². The molecular weight excluding hydrogens is 396 g/mol. The zero-order chi connectivity index (χ0) is 22.1. The summed E-state index contributed by atoms with van der Waals surface area (Å²) in [5.41, 5.74) is 2.76. The summed E-state index contributed by atoms with van der Waals surface area (Å²) in [6.45, 7) is 2.28. The Labute approximate surface area is 180 Å². The van der Waals surface area contributed by atoms with Gasteiger partial charge in [0.1, 0.15) is 24.0 Å². The molecule has 158 valence electrons. The van der Waals surface area contributed by atoms with Crippen molar-refractivity contribution in [1.29, 1.82) is 5.26 Å². The molecule has 0 N–H and O–H groups in total. The molecule has 0 radical (unpaired) electrons. The Morgan fingerprint density at radius 1 is 1.06 bits per heavy atom. The minimum absolute atomic E-state index is 0.0283. The number of methoxy groups -OCH3 is 1. The number of benzene rings is 2. The number of carbonyl (C=O) groups is 1. The fraction of sp³-hybridized carbons (Fsp3) is 0.208. The predicted molar refractivity (Wildman–Crippen MR) is 114 cm³/mol. The summed E-state index contributed by atoms with van der Waals surface area (Å²) in [5, 5.41) is 9.58. The smallest absolute Gasteiger partial charge is 0.342 e. The standard InChI is InChI=1S/C24H22N2O5/c1-3-29-24(27)20-12-21(26-14-23(20)31-16-28-2)18-9-10-22(19(11-18)13-25)30-15-17-7-5-4-6-8-17/h4-12,14H,3,15-16H2,1-2H3. The van der Waals surface area contributed by atoms with Gasteiger partial charge in [0.05, 0.1) is 24.1 Å². The monoisotopic (exact) mass is 418 g/mol. The molecule has 1 heterocycles. The normalized spacial score (nSPS) is 10.2. The third-order valence-corrected chi connectivity index (χ3v) is 4.33. The maximum absolute atomic E-state index is 12.4. The number of nitriles is 1. The Balaban J connectivity index is 1.88. The van der Waals surface area contributed by atoms with E-state index in [0.717, 1.165) is 5.56 Å². The summed E-state index contributed by atoms with van der Waals surface area (Å²) in [7, 11) is 1.48. The molecule has 0 amide bonds. The van der Waals surface area contributed by atoms with E-state index in [-0.39, 0.29) is 24.7 Å². The van der Waals surface area contributed by atoms with E-state index in [1.54, 1.807) is 31.2 Å². The highest BCUT2D eigenvalue weighted by atomic mass is 16.7. The molecule has 31 heavy (non-hydrogen) atoms. The Bertz CT molecular complexity index is 1080. The van der Waals surface area contributed by atoms with Crippen molar-refractivity contribution >= 4 is 5.97 Å². The van der Waals surface area contributed by atoms with Crippen LogP contribution in [0.1, 0.15) is 28.4 Å². The van der Waals surface area contributed by atoms with Gasteiger partial charge in [0.2, 0.25) is 0 Å². The van der Waals surface area contributed by atoms with E-state index in [0.29, 0.717) is 29.2 Å². The molecule has 0 saturated carbocycles. The van der Waals surface area contributed by atoms with E-state index in [4.69, 9.17) is 18.9 Å². The van der Waals surface area contributed by atoms with Crippen molar-refractivity contribution in [3.8, 4) is 28.8 Å². The number of aromatic nitrogens is 1. The molecule has 0 spiro atoms. The molecule has 0 aliphatic heterocycles. The van der Waals surface area contributed by atoms with Gasteiger partial charge >= 0.3 is 5.97 Å². The van der Waals surface area contributed by atoms with E-state index >= 15 is 0 Å². The van der Waals surface area contributed by atoms with E-state index in [9.17, 15) is 10.1 Å². The number of ether oxygens (including phenoxy) is 4. The average molecular weight is 418 g/mol. The molecule has 3 aromatic rings. The fourth-order valence-corrected chi connectivity index (χ4v) is 2.84. The quantitative estimate of drug-likeness (QED) is 0.377. The number of nitrogens with zero attached hydrogens (tertiary/aromatic N) is 2. The number of hydrogen-bond donors (Lipinski definition) is 0. The van der Waals surface area contributed by atoms with Crippen LogP contribution < -0.4 is 9.47 Å². The highest BCUT2D eigenvalue weighted by Gasteiger charge is 2.17. The summed E-state index contributed by atoms with van der Waals surface area (Å²) >= 11 is 0. The Kier molecular flexibility index (Phi) is 7.57. The van der Waals surface area contributed by atoms with Crippen LogP contribution in [-0.2, 0) is 16.1 Å². The molecule has 0 saturated heterocycles. The summed E-state index contributed by atoms with van der Waals surface area (Å²) in [4.78, 5) is 16.7. The van der Waals surface area contributed by atoms with Gasteiger partial charge in [-0.3, -0.25) is 4.98 Å². The minimum Gasteiger partial charge on any atom is -0.488 e. The number of hydrogen-bond acceptors (Lipinski definition) is 7. The summed E-state index contributed by atoms with van der Waals surface area (Å²) in [6.07, 6.45) is 1.44. The molecule has 0 fully saturated rings. The second-order valence-corrected chi connectivity index (χ2v) is 6.43. The summed E-state index contributed by atoms with van der Waals surface area (Å²) < 4.78 is 21.3. The Morgan fingerprint density at radius 3 is 2.58 bits per heavy atom. The second kappa shape index (κ2) is 10.8. The average Bonchev–Trinajstić information content (AvgIpc) is 2.82. The maximum Gasteiger partial charge on any atom is 0.342 e. The largest absolute Gasteiger partial charge is 0.488 e. The number of rotatable bonds is 9. The molecule has 0 atom stereocenters. The van der Waals surface area contributed by atoms with Crippen molar-refractivity contribution in [1.82, 2.24) is 4.98 Å². The molecule has 0 unspecified atom stereocenters. The van der Waals surface area contributed by atoms with E-state index in [2.05, 4.69) is 11.1 Å². The first kappa shape index (κ1) is 21.8. The highest BCUT2D eigenvalue weighted by Crippen LogP contribution is 2.29. The van der Waals surface area contributed by atoms with Gasteiger partial charge in [0, 0.05) is 12.7 Å². The van der Waals surface area contributed by atoms with Gasteiger partial charge in [-0.25, -0.2) is 4.79 Å². The van der Waals surface area contributed by atoms with Crippen LogP contribution in [0.15, 0.2) is 60.8 Å². The van der Waals surface area contributed by atoms with Crippen molar-refractivity contribution < 1.29 is 23.7 Å². The van der Waals surface area contributed by atoms with Crippen LogP contribution in [0, 0.1) is 11.3 Å². The van der Waals surface area contributed by atoms with Crippen molar-refractivity contribution in [2.24, 2.45) is 0 Å². The number of pyridine rings is 1. The molecule has 3 rings (SSSR count). The van der Waals surface area contributed by atoms with Gasteiger partial charge in [0.15, 0.2) is 12.5 Å². The lowest BCUT2D eigenvalue weighted by atomic mass is 10.1. The van der Waals surface area contributed by atoms with Crippen molar-refractivity contribution in [3.05, 3.63) is 77.5 Å². The number of esters is 1. The third-order valence-electron chi connectivity index (χ3n) is 4.33.